The fourth-order valence-corrected chi connectivity index (χ4v) is 2.49. The van der Waals surface area contributed by atoms with E-state index < -0.39 is 0 Å². The highest BCUT2D eigenvalue weighted by atomic mass is 16.4. The first kappa shape index (κ1) is 14.8. The lowest BCUT2D eigenvalue weighted by atomic mass is 9.82. The quantitative estimate of drug-likeness (QED) is 0.348. The first-order chi connectivity index (χ1) is 8.45. The Kier molecular flexibility index (Phi) is 5.44. The summed E-state index contributed by atoms with van der Waals surface area (Å²) in [7, 11) is 1.80. The van der Waals surface area contributed by atoms with Gasteiger partial charge in [-0.05, 0) is 38.5 Å². The van der Waals surface area contributed by atoms with Crippen molar-refractivity contribution < 1.29 is 10.0 Å². The Labute approximate surface area is 109 Å². The number of nitrogens with zero attached hydrogens (tertiary/aromatic N) is 2. The average molecular weight is 255 g/mol. The summed E-state index contributed by atoms with van der Waals surface area (Å²) < 4.78 is 0. The van der Waals surface area contributed by atoms with Crippen molar-refractivity contribution >= 4 is 11.7 Å². The highest BCUT2D eigenvalue weighted by Crippen LogP contribution is 2.29. The Hall–Kier alpha value is -1.26. The van der Waals surface area contributed by atoms with Crippen LogP contribution in [0.15, 0.2) is 5.16 Å². The Morgan fingerprint density at radius 1 is 1.44 bits per heavy atom. The molecule has 5 nitrogen and oxygen atoms in total. The van der Waals surface area contributed by atoms with E-state index in [0.29, 0.717) is 6.42 Å². The van der Waals surface area contributed by atoms with Gasteiger partial charge in [-0.15, -0.1) is 0 Å². The molecule has 3 N–H and O–H groups in total. The van der Waals surface area contributed by atoms with E-state index in [0.717, 1.165) is 31.6 Å². The van der Waals surface area contributed by atoms with E-state index in [1.54, 1.807) is 11.9 Å². The minimum absolute atomic E-state index is 0.0345. The van der Waals surface area contributed by atoms with Gasteiger partial charge in [-0.3, -0.25) is 4.79 Å². The standard InChI is InChI=1S/C13H25N3O2/c1-9-4-6-11(7-5-9)13(17)16(3)10(2)8-12(14)15-18/h9-11,18H,4-8H2,1-3H3,(H2,14,15). The number of hydrogen-bond acceptors (Lipinski definition) is 3. The van der Waals surface area contributed by atoms with E-state index in [-0.39, 0.29) is 23.7 Å². The summed E-state index contributed by atoms with van der Waals surface area (Å²) in [5.41, 5.74) is 5.47. The van der Waals surface area contributed by atoms with Crippen LogP contribution in [0.5, 0.6) is 0 Å². The summed E-state index contributed by atoms with van der Waals surface area (Å²) in [5.74, 6) is 1.26. The molecule has 5 heteroatoms. The van der Waals surface area contributed by atoms with Crippen molar-refractivity contribution in [2.75, 3.05) is 7.05 Å². The van der Waals surface area contributed by atoms with Crippen LogP contribution in [0, 0.1) is 11.8 Å². The molecule has 18 heavy (non-hydrogen) atoms. The summed E-state index contributed by atoms with van der Waals surface area (Å²) in [6.45, 7) is 4.16. The van der Waals surface area contributed by atoms with Crippen LogP contribution in [-0.4, -0.2) is 34.9 Å². The molecule has 0 aliphatic heterocycles. The predicted octanol–water partition coefficient (Wildman–Crippen LogP) is 1.80. The first-order valence-electron chi connectivity index (χ1n) is 6.68. The third-order valence-corrected chi connectivity index (χ3v) is 4.01. The number of amides is 1. The molecule has 1 amide bonds. The van der Waals surface area contributed by atoms with Crippen LogP contribution >= 0.6 is 0 Å². The number of nitrogens with two attached hydrogens (primary N) is 1. The summed E-state index contributed by atoms with van der Waals surface area (Å²) >= 11 is 0. The summed E-state index contributed by atoms with van der Waals surface area (Å²) in [6.07, 6.45) is 4.65. The van der Waals surface area contributed by atoms with E-state index in [2.05, 4.69) is 12.1 Å². The molecule has 1 aliphatic carbocycles. The van der Waals surface area contributed by atoms with E-state index in [1.165, 1.54) is 0 Å². The fraction of sp³-hybridized carbons (Fsp3) is 0.846. The minimum atomic E-state index is -0.0345. The molecule has 0 heterocycles. The zero-order valence-electron chi connectivity index (χ0n) is 11.6. The molecule has 0 bridgehead atoms. The van der Waals surface area contributed by atoms with Crippen LogP contribution in [0.2, 0.25) is 0 Å². The molecule has 0 aromatic carbocycles. The third kappa shape index (κ3) is 3.89. The lowest BCUT2D eigenvalue weighted by molar-refractivity contribution is -0.137. The number of oxime groups is 1. The molecule has 0 aromatic heterocycles. The molecule has 1 rings (SSSR count). The molecule has 1 atom stereocenters. The maximum Gasteiger partial charge on any atom is 0.225 e. The van der Waals surface area contributed by atoms with Gasteiger partial charge < -0.3 is 15.8 Å². The van der Waals surface area contributed by atoms with Gasteiger partial charge in [-0.2, -0.15) is 0 Å². The number of hydrogen-bond donors (Lipinski definition) is 2. The van der Waals surface area contributed by atoms with Gasteiger partial charge >= 0.3 is 0 Å². The maximum atomic E-state index is 12.3. The van der Waals surface area contributed by atoms with Crippen LogP contribution in [0.4, 0.5) is 0 Å². The average Bonchev–Trinajstić information content (AvgIpc) is 2.37. The molecular weight excluding hydrogens is 230 g/mol. The lowest BCUT2D eigenvalue weighted by Crippen LogP contribution is -2.42. The molecule has 1 aliphatic rings. The van der Waals surface area contributed by atoms with Crippen molar-refractivity contribution in [1.82, 2.24) is 4.90 Å². The monoisotopic (exact) mass is 255 g/mol. The van der Waals surface area contributed by atoms with Gasteiger partial charge in [-0.1, -0.05) is 12.1 Å². The van der Waals surface area contributed by atoms with E-state index in [1.807, 2.05) is 6.92 Å². The zero-order chi connectivity index (χ0) is 13.7. The molecule has 0 saturated heterocycles. The van der Waals surface area contributed by atoms with Gasteiger partial charge in [0, 0.05) is 25.4 Å². The first-order valence-corrected chi connectivity index (χ1v) is 6.68. The van der Waals surface area contributed by atoms with Gasteiger partial charge in [0.25, 0.3) is 0 Å². The summed E-state index contributed by atoms with van der Waals surface area (Å²) in [5, 5.41) is 11.5. The van der Waals surface area contributed by atoms with Gasteiger partial charge in [-0.25, -0.2) is 0 Å². The number of carbonyl (C=O) groups is 1. The smallest absolute Gasteiger partial charge is 0.225 e. The van der Waals surface area contributed by atoms with Crippen molar-refractivity contribution in [1.29, 1.82) is 0 Å². The zero-order valence-corrected chi connectivity index (χ0v) is 11.6. The Bertz CT molecular complexity index is 309. The highest BCUT2D eigenvalue weighted by Gasteiger charge is 2.28. The molecule has 0 spiro atoms. The van der Waals surface area contributed by atoms with Crippen LogP contribution in [-0.2, 0) is 4.79 Å². The fourth-order valence-electron chi connectivity index (χ4n) is 2.49. The summed E-state index contributed by atoms with van der Waals surface area (Å²) in [6, 6.07) is -0.0345. The Morgan fingerprint density at radius 3 is 2.50 bits per heavy atom. The van der Waals surface area contributed by atoms with Gasteiger partial charge in [0.15, 0.2) is 0 Å². The van der Waals surface area contributed by atoms with Crippen LogP contribution in [0.1, 0.15) is 46.0 Å². The minimum Gasteiger partial charge on any atom is -0.409 e. The number of amidine groups is 1. The van der Waals surface area contributed by atoms with Crippen molar-refractivity contribution in [3.63, 3.8) is 0 Å². The summed E-state index contributed by atoms with van der Waals surface area (Å²) in [4.78, 5) is 14.0. The largest absolute Gasteiger partial charge is 0.409 e. The van der Waals surface area contributed by atoms with Gasteiger partial charge in [0.05, 0.1) is 0 Å². The van der Waals surface area contributed by atoms with Crippen molar-refractivity contribution in [3.05, 3.63) is 0 Å². The van der Waals surface area contributed by atoms with Gasteiger partial charge in [0.2, 0.25) is 5.91 Å². The highest BCUT2D eigenvalue weighted by molar-refractivity contribution is 5.82. The van der Waals surface area contributed by atoms with E-state index in [4.69, 9.17) is 10.9 Å². The second-order valence-corrected chi connectivity index (χ2v) is 5.55. The van der Waals surface area contributed by atoms with Crippen LogP contribution in [0.25, 0.3) is 0 Å². The molecular formula is C13H25N3O2. The third-order valence-electron chi connectivity index (χ3n) is 4.01. The molecule has 104 valence electrons. The Morgan fingerprint density at radius 2 is 2.00 bits per heavy atom. The van der Waals surface area contributed by atoms with Gasteiger partial charge in [0.1, 0.15) is 5.84 Å². The maximum absolute atomic E-state index is 12.3. The Balaban J connectivity index is 2.50. The van der Waals surface area contributed by atoms with Crippen molar-refractivity contribution in [2.45, 2.75) is 52.0 Å². The molecule has 1 saturated carbocycles. The SMILES string of the molecule is CC1CCC(C(=O)N(C)C(C)CC(N)=NO)CC1. The molecule has 0 aromatic rings. The lowest BCUT2D eigenvalue weighted by Gasteiger charge is -2.32. The van der Waals surface area contributed by atoms with E-state index >= 15 is 0 Å². The molecule has 1 unspecified atom stereocenters. The molecule has 0 radical (unpaired) electrons. The van der Waals surface area contributed by atoms with Crippen molar-refractivity contribution in [3.8, 4) is 0 Å². The van der Waals surface area contributed by atoms with Crippen LogP contribution < -0.4 is 5.73 Å². The molecule has 1 fully saturated rings. The number of rotatable bonds is 4. The van der Waals surface area contributed by atoms with Crippen molar-refractivity contribution in [2.24, 2.45) is 22.7 Å². The van der Waals surface area contributed by atoms with E-state index in [9.17, 15) is 4.79 Å². The normalized spacial score (nSPS) is 26.7. The second-order valence-electron chi connectivity index (χ2n) is 5.55. The van der Waals surface area contributed by atoms with Crippen LogP contribution in [0.3, 0.4) is 0 Å². The second kappa shape index (κ2) is 6.61. The topological polar surface area (TPSA) is 78.9 Å². The predicted molar refractivity (Wildman–Crippen MR) is 71.4 cm³/mol. The number of carbonyl (C=O) groups excluding carboxylic acids is 1.